The highest BCUT2D eigenvalue weighted by Crippen LogP contribution is 2.37. The molecule has 1 amide bonds. The second-order valence-corrected chi connectivity index (χ2v) is 5.09. The quantitative estimate of drug-likeness (QED) is 0.873. The summed E-state index contributed by atoms with van der Waals surface area (Å²) in [7, 11) is 0. The Balaban J connectivity index is 2.31. The number of nitrogens with zero attached hydrogens (tertiary/aromatic N) is 1. The van der Waals surface area contributed by atoms with Crippen molar-refractivity contribution in [3.8, 4) is 0 Å². The van der Waals surface area contributed by atoms with Gasteiger partial charge in [0.05, 0.1) is 12.1 Å². The molecule has 1 fully saturated rings. The molecular formula is C14H19FN2O. The molecule has 1 aliphatic rings. The highest BCUT2D eigenvalue weighted by molar-refractivity contribution is 5.82. The first-order chi connectivity index (χ1) is 8.50. The van der Waals surface area contributed by atoms with Gasteiger partial charge in [0.2, 0.25) is 5.91 Å². The fourth-order valence-corrected chi connectivity index (χ4v) is 2.65. The van der Waals surface area contributed by atoms with Crippen molar-refractivity contribution in [3.05, 3.63) is 35.6 Å². The van der Waals surface area contributed by atoms with Crippen LogP contribution < -0.4 is 5.73 Å². The summed E-state index contributed by atoms with van der Waals surface area (Å²) >= 11 is 0. The summed E-state index contributed by atoms with van der Waals surface area (Å²) in [4.78, 5) is 13.8. The van der Waals surface area contributed by atoms with Crippen LogP contribution in [0, 0.1) is 11.7 Å². The van der Waals surface area contributed by atoms with Gasteiger partial charge in [-0.3, -0.25) is 4.79 Å². The van der Waals surface area contributed by atoms with Gasteiger partial charge in [-0.15, -0.1) is 0 Å². The Morgan fingerprint density at radius 2 is 2.28 bits per heavy atom. The third-order valence-corrected chi connectivity index (χ3v) is 3.56. The lowest BCUT2D eigenvalue weighted by Crippen LogP contribution is -2.42. The van der Waals surface area contributed by atoms with E-state index in [2.05, 4.69) is 6.92 Å². The molecule has 1 aliphatic heterocycles. The van der Waals surface area contributed by atoms with Crippen LogP contribution in [-0.4, -0.2) is 23.4 Å². The zero-order valence-electron chi connectivity index (χ0n) is 10.8. The van der Waals surface area contributed by atoms with Gasteiger partial charge < -0.3 is 10.6 Å². The molecule has 0 radical (unpaired) electrons. The van der Waals surface area contributed by atoms with Crippen molar-refractivity contribution in [3.63, 3.8) is 0 Å². The number of likely N-dealkylation sites (tertiary alicyclic amines) is 1. The lowest BCUT2D eigenvalue weighted by molar-refractivity contribution is -0.133. The number of hydrogen-bond acceptors (Lipinski definition) is 2. The highest BCUT2D eigenvalue weighted by Gasteiger charge is 2.36. The van der Waals surface area contributed by atoms with Crippen molar-refractivity contribution in [1.29, 1.82) is 0 Å². The molecule has 2 rings (SSSR count). The number of carbonyl (C=O) groups excluding carboxylic acids is 1. The minimum Gasteiger partial charge on any atom is -0.334 e. The summed E-state index contributed by atoms with van der Waals surface area (Å²) in [5, 5.41) is 0. The monoisotopic (exact) mass is 250 g/mol. The predicted octanol–water partition coefficient (Wildman–Crippen LogP) is 2.08. The molecule has 1 aromatic rings. The standard InChI is InChI=1S/C14H19FN2O/c1-9-6-7-17(14(18)10(2)16)13(9)11-4-3-5-12(15)8-11/h3-5,8-10,13H,6-7,16H2,1-2H3/t9?,10-,13?/m1/s1. The Morgan fingerprint density at radius 1 is 1.56 bits per heavy atom. The number of amides is 1. The van der Waals surface area contributed by atoms with Gasteiger partial charge in [0, 0.05) is 6.54 Å². The lowest BCUT2D eigenvalue weighted by Gasteiger charge is -2.28. The number of halogens is 1. The third kappa shape index (κ3) is 2.38. The van der Waals surface area contributed by atoms with E-state index in [0.29, 0.717) is 12.5 Å². The fraction of sp³-hybridized carbons (Fsp3) is 0.500. The Hall–Kier alpha value is -1.42. The first-order valence-corrected chi connectivity index (χ1v) is 6.32. The Morgan fingerprint density at radius 3 is 2.89 bits per heavy atom. The number of rotatable bonds is 2. The summed E-state index contributed by atoms with van der Waals surface area (Å²) < 4.78 is 13.3. The number of nitrogens with two attached hydrogens (primary N) is 1. The minimum absolute atomic E-state index is 0.0563. The van der Waals surface area contributed by atoms with Crippen molar-refractivity contribution in [2.45, 2.75) is 32.4 Å². The van der Waals surface area contributed by atoms with E-state index in [9.17, 15) is 9.18 Å². The maximum atomic E-state index is 13.3. The SMILES string of the molecule is CC1CCN(C(=O)[C@@H](C)N)C1c1cccc(F)c1. The van der Waals surface area contributed by atoms with Crippen LogP contribution >= 0.6 is 0 Å². The summed E-state index contributed by atoms with van der Waals surface area (Å²) in [5.41, 5.74) is 6.52. The molecule has 0 aromatic heterocycles. The van der Waals surface area contributed by atoms with E-state index in [-0.39, 0.29) is 17.8 Å². The molecule has 1 heterocycles. The summed E-state index contributed by atoms with van der Waals surface area (Å²) in [6, 6.07) is 5.92. The summed E-state index contributed by atoms with van der Waals surface area (Å²) in [5.74, 6) is 0.00269. The first kappa shape index (κ1) is 13.0. The van der Waals surface area contributed by atoms with Crippen molar-refractivity contribution in [2.24, 2.45) is 11.7 Å². The van der Waals surface area contributed by atoms with Crippen molar-refractivity contribution in [1.82, 2.24) is 4.90 Å². The van der Waals surface area contributed by atoms with E-state index >= 15 is 0 Å². The molecule has 0 spiro atoms. The van der Waals surface area contributed by atoms with Crippen molar-refractivity contribution in [2.75, 3.05) is 6.54 Å². The van der Waals surface area contributed by atoms with E-state index in [1.165, 1.54) is 12.1 Å². The molecule has 1 aromatic carbocycles. The van der Waals surface area contributed by atoms with Crippen LogP contribution in [0.15, 0.2) is 24.3 Å². The predicted molar refractivity (Wildman–Crippen MR) is 68.3 cm³/mol. The molecular weight excluding hydrogens is 231 g/mol. The van der Waals surface area contributed by atoms with Crippen LogP contribution in [0.5, 0.6) is 0 Å². The largest absolute Gasteiger partial charge is 0.334 e. The maximum absolute atomic E-state index is 13.3. The number of carbonyl (C=O) groups is 1. The van der Waals surface area contributed by atoms with Gasteiger partial charge in [-0.1, -0.05) is 19.1 Å². The molecule has 2 unspecified atom stereocenters. The van der Waals surface area contributed by atoms with E-state index in [4.69, 9.17) is 5.73 Å². The normalized spacial score (nSPS) is 25.2. The Labute approximate surface area is 107 Å². The zero-order chi connectivity index (χ0) is 13.3. The molecule has 1 saturated heterocycles. The molecule has 4 heteroatoms. The van der Waals surface area contributed by atoms with Crippen LogP contribution in [0.2, 0.25) is 0 Å². The summed E-state index contributed by atoms with van der Waals surface area (Å²) in [6.07, 6.45) is 0.930. The molecule has 0 aliphatic carbocycles. The smallest absolute Gasteiger partial charge is 0.239 e. The Bertz CT molecular complexity index is 447. The highest BCUT2D eigenvalue weighted by atomic mass is 19.1. The molecule has 2 N–H and O–H groups in total. The van der Waals surface area contributed by atoms with Crippen molar-refractivity contribution >= 4 is 5.91 Å². The van der Waals surface area contributed by atoms with Crippen LogP contribution in [0.4, 0.5) is 4.39 Å². The van der Waals surface area contributed by atoms with E-state index in [0.717, 1.165) is 12.0 Å². The van der Waals surface area contributed by atoms with Crippen LogP contribution in [0.1, 0.15) is 31.9 Å². The average Bonchev–Trinajstić information content (AvgIpc) is 2.70. The topological polar surface area (TPSA) is 46.3 Å². The van der Waals surface area contributed by atoms with Crippen LogP contribution in [-0.2, 0) is 4.79 Å². The van der Waals surface area contributed by atoms with Gasteiger partial charge in [0.25, 0.3) is 0 Å². The van der Waals surface area contributed by atoms with Gasteiger partial charge in [-0.25, -0.2) is 4.39 Å². The fourth-order valence-electron chi connectivity index (χ4n) is 2.65. The van der Waals surface area contributed by atoms with Crippen molar-refractivity contribution < 1.29 is 9.18 Å². The molecule has 3 atom stereocenters. The third-order valence-electron chi connectivity index (χ3n) is 3.56. The van der Waals surface area contributed by atoms with E-state index in [1.54, 1.807) is 17.9 Å². The second-order valence-electron chi connectivity index (χ2n) is 5.09. The zero-order valence-corrected chi connectivity index (χ0v) is 10.8. The van der Waals surface area contributed by atoms with Gasteiger partial charge >= 0.3 is 0 Å². The molecule has 3 nitrogen and oxygen atoms in total. The number of benzene rings is 1. The molecule has 0 saturated carbocycles. The lowest BCUT2D eigenvalue weighted by atomic mass is 9.95. The minimum atomic E-state index is -0.508. The Kier molecular flexibility index (Phi) is 3.66. The molecule has 98 valence electrons. The van der Waals surface area contributed by atoms with Gasteiger partial charge in [0.1, 0.15) is 5.82 Å². The second kappa shape index (κ2) is 5.06. The maximum Gasteiger partial charge on any atom is 0.239 e. The first-order valence-electron chi connectivity index (χ1n) is 6.32. The van der Waals surface area contributed by atoms with E-state index < -0.39 is 6.04 Å². The summed E-state index contributed by atoms with van der Waals surface area (Å²) in [6.45, 7) is 4.47. The van der Waals surface area contributed by atoms with Crippen LogP contribution in [0.3, 0.4) is 0 Å². The van der Waals surface area contributed by atoms with E-state index in [1.807, 2.05) is 6.07 Å². The van der Waals surface area contributed by atoms with Crippen LogP contribution in [0.25, 0.3) is 0 Å². The average molecular weight is 250 g/mol. The van der Waals surface area contributed by atoms with Gasteiger partial charge in [-0.2, -0.15) is 0 Å². The van der Waals surface area contributed by atoms with Gasteiger partial charge in [-0.05, 0) is 37.0 Å². The van der Waals surface area contributed by atoms with Gasteiger partial charge in [0.15, 0.2) is 0 Å². The molecule has 18 heavy (non-hydrogen) atoms. The number of hydrogen-bond donors (Lipinski definition) is 1. The molecule has 0 bridgehead atoms.